The van der Waals surface area contributed by atoms with Gasteiger partial charge in [-0.15, -0.1) is 11.8 Å². The Morgan fingerprint density at radius 1 is 1.53 bits per heavy atom. The van der Waals surface area contributed by atoms with Crippen LogP contribution in [0.25, 0.3) is 0 Å². The Balaban J connectivity index is 2.33. The molecule has 0 spiro atoms. The Bertz CT molecular complexity index is 341. The van der Waals surface area contributed by atoms with Crippen LogP contribution in [0.5, 0.6) is 0 Å². The minimum atomic E-state index is -0.210. The van der Waals surface area contributed by atoms with E-state index in [0.29, 0.717) is 9.92 Å². The molecule has 4 heteroatoms. The van der Waals surface area contributed by atoms with Crippen LogP contribution in [0.3, 0.4) is 0 Å². The van der Waals surface area contributed by atoms with Crippen LogP contribution < -0.4 is 5.32 Å². The summed E-state index contributed by atoms with van der Waals surface area (Å²) >= 11 is 7.37. The van der Waals surface area contributed by atoms with Gasteiger partial charge < -0.3 is 5.32 Å². The molecule has 1 saturated heterocycles. The van der Waals surface area contributed by atoms with Crippen molar-refractivity contribution in [2.75, 3.05) is 12.8 Å². The average Bonchev–Trinajstić information content (AvgIpc) is 2.69. The van der Waals surface area contributed by atoms with Crippen molar-refractivity contribution in [3.05, 3.63) is 28.5 Å². The van der Waals surface area contributed by atoms with Crippen molar-refractivity contribution in [1.82, 2.24) is 5.32 Å². The fraction of sp³-hybridized carbons (Fsp3) is 0.455. The summed E-state index contributed by atoms with van der Waals surface area (Å²) in [6.07, 6.45) is 4.04. The van der Waals surface area contributed by atoms with Gasteiger partial charge in [-0.3, -0.25) is 0 Å². The predicted octanol–water partition coefficient (Wildman–Crippen LogP) is 3.63. The summed E-state index contributed by atoms with van der Waals surface area (Å²) in [5, 5.41) is 3.85. The van der Waals surface area contributed by atoms with Gasteiger partial charge in [-0.05, 0) is 43.3 Å². The molecule has 82 valence electrons. The minimum Gasteiger partial charge on any atom is -0.310 e. The predicted molar refractivity (Wildman–Crippen MR) is 63.2 cm³/mol. The van der Waals surface area contributed by atoms with Gasteiger partial charge in [0.05, 0.1) is 9.92 Å². The van der Waals surface area contributed by atoms with Crippen LogP contribution in [0.1, 0.15) is 24.4 Å². The van der Waals surface area contributed by atoms with Crippen molar-refractivity contribution in [2.45, 2.75) is 23.8 Å². The van der Waals surface area contributed by atoms with Crippen molar-refractivity contribution >= 4 is 23.4 Å². The van der Waals surface area contributed by atoms with Crippen LogP contribution >= 0.6 is 23.4 Å². The lowest BCUT2D eigenvalue weighted by Gasteiger charge is -2.13. The summed E-state index contributed by atoms with van der Waals surface area (Å²) in [5.74, 6) is -0.210. The molecule has 1 aromatic carbocycles. The van der Waals surface area contributed by atoms with Gasteiger partial charge in [0.25, 0.3) is 0 Å². The Hall–Kier alpha value is -0.250. The van der Waals surface area contributed by atoms with E-state index >= 15 is 0 Å². The quantitative estimate of drug-likeness (QED) is 0.799. The molecule has 1 unspecified atom stereocenters. The number of thioether (sulfide) groups is 1. The van der Waals surface area contributed by atoms with E-state index in [1.165, 1.54) is 11.8 Å². The molecule has 1 aromatic rings. The fourth-order valence-electron chi connectivity index (χ4n) is 1.94. The largest absolute Gasteiger partial charge is 0.310 e. The van der Waals surface area contributed by atoms with Gasteiger partial charge in [-0.1, -0.05) is 11.6 Å². The molecule has 1 N–H and O–H groups in total. The molecule has 0 aromatic heterocycles. The molecular weight excluding hydrogens is 233 g/mol. The molecule has 0 aliphatic carbocycles. The maximum atomic E-state index is 13.6. The summed E-state index contributed by atoms with van der Waals surface area (Å²) in [6, 6.07) is 3.74. The summed E-state index contributed by atoms with van der Waals surface area (Å²) in [4.78, 5) is 0.540. The minimum absolute atomic E-state index is 0.210. The van der Waals surface area contributed by atoms with E-state index in [-0.39, 0.29) is 11.9 Å². The molecule has 1 fully saturated rings. The summed E-state index contributed by atoms with van der Waals surface area (Å²) in [7, 11) is 0. The van der Waals surface area contributed by atoms with Crippen molar-refractivity contribution < 1.29 is 4.39 Å². The SMILES string of the molecule is CSc1c(F)cc(C2CCCN2)cc1Cl. The van der Waals surface area contributed by atoms with E-state index in [0.717, 1.165) is 24.9 Å². The van der Waals surface area contributed by atoms with E-state index in [4.69, 9.17) is 11.6 Å². The van der Waals surface area contributed by atoms with Gasteiger partial charge in [-0.25, -0.2) is 4.39 Å². The highest BCUT2D eigenvalue weighted by Gasteiger charge is 2.19. The highest BCUT2D eigenvalue weighted by molar-refractivity contribution is 7.98. The van der Waals surface area contributed by atoms with Crippen molar-refractivity contribution in [3.63, 3.8) is 0 Å². The standard InChI is InChI=1S/C11H13ClFNS/c1-15-11-8(12)5-7(6-9(11)13)10-3-2-4-14-10/h5-6,10,14H,2-4H2,1H3. The van der Waals surface area contributed by atoms with Crippen LogP contribution in [-0.2, 0) is 0 Å². The number of halogens is 2. The van der Waals surface area contributed by atoms with Crippen LogP contribution in [0.2, 0.25) is 5.02 Å². The van der Waals surface area contributed by atoms with Gasteiger partial charge in [-0.2, -0.15) is 0 Å². The highest BCUT2D eigenvalue weighted by atomic mass is 35.5. The maximum absolute atomic E-state index is 13.6. The second-order valence-electron chi connectivity index (χ2n) is 3.67. The van der Waals surface area contributed by atoms with E-state index in [9.17, 15) is 4.39 Å². The van der Waals surface area contributed by atoms with Gasteiger partial charge in [0, 0.05) is 6.04 Å². The van der Waals surface area contributed by atoms with Gasteiger partial charge in [0.1, 0.15) is 5.82 Å². The van der Waals surface area contributed by atoms with E-state index < -0.39 is 0 Å². The summed E-state index contributed by atoms with van der Waals surface area (Å²) < 4.78 is 13.6. The van der Waals surface area contributed by atoms with Gasteiger partial charge in [0.2, 0.25) is 0 Å². The maximum Gasteiger partial charge on any atom is 0.138 e. The number of nitrogens with one attached hydrogen (secondary N) is 1. The van der Waals surface area contributed by atoms with E-state index in [2.05, 4.69) is 5.32 Å². The molecule has 1 nitrogen and oxygen atoms in total. The molecule has 1 aliphatic rings. The van der Waals surface area contributed by atoms with E-state index in [1.807, 2.05) is 12.3 Å². The Morgan fingerprint density at radius 3 is 2.87 bits per heavy atom. The number of rotatable bonds is 2. The lowest BCUT2D eigenvalue weighted by atomic mass is 10.1. The number of hydrogen-bond acceptors (Lipinski definition) is 2. The molecule has 1 aliphatic heterocycles. The number of benzene rings is 1. The molecule has 0 saturated carbocycles. The topological polar surface area (TPSA) is 12.0 Å². The third kappa shape index (κ3) is 2.30. The normalized spacial score (nSPS) is 20.9. The number of hydrogen-bond donors (Lipinski definition) is 1. The van der Waals surface area contributed by atoms with E-state index in [1.54, 1.807) is 6.07 Å². The zero-order chi connectivity index (χ0) is 10.8. The zero-order valence-electron chi connectivity index (χ0n) is 8.52. The van der Waals surface area contributed by atoms with Crippen molar-refractivity contribution in [1.29, 1.82) is 0 Å². The second kappa shape index (κ2) is 4.73. The summed E-state index contributed by atoms with van der Waals surface area (Å²) in [5.41, 5.74) is 0.966. The monoisotopic (exact) mass is 245 g/mol. The molecule has 1 heterocycles. The van der Waals surface area contributed by atoms with Gasteiger partial charge >= 0.3 is 0 Å². The molecule has 1 atom stereocenters. The first-order chi connectivity index (χ1) is 7.22. The fourth-order valence-corrected chi connectivity index (χ4v) is 2.90. The lowest BCUT2D eigenvalue weighted by Crippen LogP contribution is -2.13. The molecule has 15 heavy (non-hydrogen) atoms. The molecule has 2 rings (SSSR count). The Kier molecular flexibility index (Phi) is 3.54. The lowest BCUT2D eigenvalue weighted by molar-refractivity contribution is 0.586. The first-order valence-corrected chi connectivity index (χ1v) is 6.59. The van der Waals surface area contributed by atoms with Gasteiger partial charge in [0.15, 0.2) is 0 Å². The molecular formula is C11H13ClFNS. The van der Waals surface area contributed by atoms with Crippen LogP contribution in [0.4, 0.5) is 4.39 Å². The third-order valence-electron chi connectivity index (χ3n) is 2.69. The Morgan fingerprint density at radius 2 is 2.33 bits per heavy atom. The smallest absolute Gasteiger partial charge is 0.138 e. The summed E-state index contributed by atoms with van der Waals surface area (Å²) in [6.45, 7) is 1.01. The van der Waals surface area contributed by atoms with Crippen LogP contribution in [-0.4, -0.2) is 12.8 Å². The zero-order valence-corrected chi connectivity index (χ0v) is 10.1. The molecule has 0 radical (unpaired) electrons. The second-order valence-corrected chi connectivity index (χ2v) is 4.89. The molecule has 0 bridgehead atoms. The first kappa shape index (κ1) is 11.2. The average molecular weight is 246 g/mol. The third-order valence-corrected chi connectivity index (χ3v) is 3.92. The van der Waals surface area contributed by atoms with Crippen molar-refractivity contribution in [3.8, 4) is 0 Å². The van der Waals surface area contributed by atoms with Crippen molar-refractivity contribution in [2.24, 2.45) is 0 Å². The first-order valence-electron chi connectivity index (χ1n) is 4.98. The highest BCUT2D eigenvalue weighted by Crippen LogP contribution is 2.33. The van der Waals surface area contributed by atoms with Crippen LogP contribution in [0, 0.1) is 5.82 Å². The molecule has 0 amide bonds. The van der Waals surface area contributed by atoms with Crippen LogP contribution in [0.15, 0.2) is 17.0 Å². The Labute approximate surface area is 98.4 Å².